The van der Waals surface area contributed by atoms with Crippen molar-refractivity contribution >= 4 is 11.8 Å². The molecule has 2 rings (SSSR count). The second kappa shape index (κ2) is 4.37. The lowest BCUT2D eigenvalue weighted by molar-refractivity contribution is -0.139. The van der Waals surface area contributed by atoms with E-state index < -0.39 is 12.0 Å². The lowest BCUT2D eigenvalue weighted by atomic mass is 10.0. The number of hydrogen-bond donors (Lipinski definition) is 1. The van der Waals surface area contributed by atoms with Gasteiger partial charge >= 0.3 is 5.97 Å². The van der Waals surface area contributed by atoms with Gasteiger partial charge in [0.25, 0.3) is 0 Å². The van der Waals surface area contributed by atoms with Gasteiger partial charge in [0.2, 0.25) is 0 Å². The van der Waals surface area contributed by atoms with Gasteiger partial charge in [0.05, 0.1) is 11.8 Å². The number of carbonyl (C=O) groups is 1. The number of aliphatic carboxylic acids is 1. The quantitative estimate of drug-likeness (QED) is 0.805. The first-order valence-corrected chi connectivity index (χ1v) is 5.36. The molecule has 1 saturated heterocycles. The minimum atomic E-state index is -0.885. The van der Waals surface area contributed by atoms with Crippen LogP contribution in [0, 0.1) is 17.2 Å². The standard InChI is InChI=1S/C11H12N4O2/c1-7-3-5-15(9(7)11(16)17)10-8(6-12)2-4-13-14-10/h2,4,7,9H,3,5H2,1H3,(H,16,17). The highest BCUT2D eigenvalue weighted by Crippen LogP contribution is 2.29. The van der Waals surface area contributed by atoms with Gasteiger partial charge in [0, 0.05) is 6.54 Å². The first kappa shape index (κ1) is 11.3. The van der Waals surface area contributed by atoms with Crippen LogP contribution in [0.3, 0.4) is 0 Å². The van der Waals surface area contributed by atoms with Crippen LogP contribution in [0.25, 0.3) is 0 Å². The number of anilines is 1. The zero-order valence-electron chi connectivity index (χ0n) is 9.37. The van der Waals surface area contributed by atoms with Gasteiger partial charge in [-0.2, -0.15) is 10.4 Å². The third-order valence-electron chi connectivity index (χ3n) is 3.05. The van der Waals surface area contributed by atoms with Crippen LogP contribution in [0.2, 0.25) is 0 Å². The van der Waals surface area contributed by atoms with E-state index in [0.717, 1.165) is 6.42 Å². The van der Waals surface area contributed by atoms with Crippen LogP contribution in [-0.2, 0) is 4.79 Å². The fraction of sp³-hybridized carbons (Fsp3) is 0.455. The third-order valence-corrected chi connectivity index (χ3v) is 3.05. The molecule has 0 aromatic carbocycles. The molecule has 2 unspecified atom stereocenters. The van der Waals surface area contributed by atoms with E-state index in [1.807, 2.05) is 13.0 Å². The number of hydrogen-bond acceptors (Lipinski definition) is 5. The van der Waals surface area contributed by atoms with E-state index in [0.29, 0.717) is 17.9 Å². The largest absolute Gasteiger partial charge is 0.480 e. The number of carboxylic acids is 1. The molecule has 1 aromatic heterocycles. The summed E-state index contributed by atoms with van der Waals surface area (Å²) in [5, 5.41) is 25.8. The molecule has 0 bridgehead atoms. The molecule has 1 aliphatic heterocycles. The molecule has 1 N–H and O–H groups in total. The maximum absolute atomic E-state index is 11.2. The molecule has 88 valence electrons. The maximum Gasteiger partial charge on any atom is 0.326 e. The molecular weight excluding hydrogens is 220 g/mol. The van der Waals surface area contributed by atoms with Crippen LogP contribution >= 0.6 is 0 Å². The molecule has 0 radical (unpaired) electrons. The van der Waals surface area contributed by atoms with E-state index in [2.05, 4.69) is 10.2 Å². The van der Waals surface area contributed by atoms with Crippen molar-refractivity contribution in [2.75, 3.05) is 11.4 Å². The first-order valence-electron chi connectivity index (χ1n) is 5.36. The van der Waals surface area contributed by atoms with Crippen molar-refractivity contribution in [2.24, 2.45) is 5.92 Å². The van der Waals surface area contributed by atoms with E-state index in [1.54, 1.807) is 11.0 Å². The summed E-state index contributed by atoms with van der Waals surface area (Å²) in [6.45, 7) is 2.48. The van der Waals surface area contributed by atoms with Crippen molar-refractivity contribution in [1.29, 1.82) is 5.26 Å². The van der Waals surface area contributed by atoms with Gasteiger partial charge in [-0.15, -0.1) is 5.10 Å². The predicted molar refractivity (Wildman–Crippen MR) is 59.3 cm³/mol. The highest BCUT2D eigenvalue weighted by molar-refractivity contribution is 5.79. The molecule has 0 saturated carbocycles. The Hall–Kier alpha value is -2.16. The molecular formula is C11H12N4O2. The highest BCUT2D eigenvalue weighted by Gasteiger charge is 2.38. The Kier molecular flexibility index (Phi) is 2.91. The predicted octanol–water partition coefficient (Wildman–Crippen LogP) is 0.648. The molecule has 1 aromatic rings. The first-order chi connectivity index (χ1) is 8.15. The minimum absolute atomic E-state index is 0.0426. The average Bonchev–Trinajstić information content (AvgIpc) is 2.71. The molecule has 2 heterocycles. The summed E-state index contributed by atoms with van der Waals surface area (Å²) in [5.41, 5.74) is 0.361. The summed E-state index contributed by atoms with van der Waals surface area (Å²) in [6, 6.07) is 2.93. The molecule has 17 heavy (non-hydrogen) atoms. The molecule has 2 atom stereocenters. The van der Waals surface area contributed by atoms with Gasteiger partial charge < -0.3 is 10.0 Å². The second-order valence-corrected chi connectivity index (χ2v) is 4.12. The van der Waals surface area contributed by atoms with E-state index in [1.165, 1.54) is 6.20 Å². The number of carboxylic acid groups (broad SMARTS) is 1. The van der Waals surface area contributed by atoms with Crippen LogP contribution in [0.1, 0.15) is 18.9 Å². The van der Waals surface area contributed by atoms with Gasteiger partial charge in [0.1, 0.15) is 12.1 Å². The normalized spacial score (nSPS) is 23.4. The van der Waals surface area contributed by atoms with Crippen LogP contribution in [0.4, 0.5) is 5.82 Å². The monoisotopic (exact) mass is 232 g/mol. The Labute approximate surface area is 98.5 Å². The molecule has 0 amide bonds. The summed E-state index contributed by atoms with van der Waals surface area (Å²) in [7, 11) is 0. The zero-order chi connectivity index (χ0) is 12.4. The van der Waals surface area contributed by atoms with Crippen molar-refractivity contribution in [1.82, 2.24) is 10.2 Å². The van der Waals surface area contributed by atoms with Crippen molar-refractivity contribution in [3.8, 4) is 6.07 Å². The van der Waals surface area contributed by atoms with Crippen molar-refractivity contribution in [2.45, 2.75) is 19.4 Å². The van der Waals surface area contributed by atoms with Gasteiger partial charge in [-0.1, -0.05) is 6.92 Å². The second-order valence-electron chi connectivity index (χ2n) is 4.12. The van der Waals surface area contributed by atoms with E-state index >= 15 is 0 Å². The Balaban J connectivity index is 2.40. The number of rotatable bonds is 2. The van der Waals surface area contributed by atoms with Gasteiger partial charge in [0.15, 0.2) is 5.82 Å². The Morgan fingerprint density at radius 3 is 3.12 bits per heavy atom. The molecule has 1 aliphatic rings. The van der Waals surface area contributed by atoms with Crippen LogP contribution < -0.4 is 4.90 Å². The Bertz CT molecular complexity index is 483. The summed E-state index contributed by atoms with van der Waals surface area (Å²) in [4.78, 5) is 12.9. The Morgan fingerprint density at radius 1 is 1.71 bits per heavy atom. The molecule has 1 fully saturated rings. The fourth-order valence-corrected chi connectivity index (χ4v) is 2.18. The lowest BCUT2D eigenvalue weighted by Gasteiger charge is -2.24. The van der Waals surface area contributed by atoms with Crippen molar-refractivity contribution in [3.63, 3.8) is 0 Å². The highest BCUT2D eigenvalue weighted by atomic mass is 16.4. The lowest BCUT2D eigenvalue weighted by Crippen LogP contribution is -2.40. The Morgan fingerprint density at radius 2 is 2.47 bits per heavy atom. The summed E-state index contributed by atoms with van der Waals surface area (Å²) in [6.07, 6.45) is 2.20. The van der Waals surface area contributed by atoms with Crippen LogP contribution in [0.15, 0.2) is 12.3 Å². The number of nitriles is 1. The summed E-state index contributed by atoms with van der Waals surface area (Å²) >= 11 is 0. The summed E-state index contributed by atoms with van der Waals surface area (Å²) in [5.74, 6) is -0.475. The number of nitrogens with zero attached hydrogens (tertiary/aromatic N) is 4. The van der Waals surface area contributed by atoms with Gasteiger partial charge in [-0.25, -0.2) is 4.79 Å². The average molecular weight is 232 g/mol. The van der Waals surface area contributed by atoms with Crippen LogP contribution in [-0.4, -0.2) is 33.9 Å². The minimum Gasteiger partial charge on any atom is -0.480 e. The van der Waals surface area contributed by atoms with Crippen molar-refractivity contribution in [3.05, 3.63) is 17.8 Å². The van der Waals surface area contributed by atoms with Crippen molar-refractivity contribution < 1.29 is 9.90 Å². The molecule has 0 aliphatic carbocycles. The van der Waals surface area contributed by atoms with Gasteiger partial charge in [-0.05, 0) is 18.4 Å². The van der Waals surface area contributed by atoms with E-state index in [9.17, 15) is 9.90 Å². The zero-order valence-corrected chi connectivity index (χ0v) is 9.37. The van der Waals surface area contributed by atoms with E-state index in [4.69, 9.17) is 5.26 Å². The molecule has 0 spiro atoms. The molecule has 6 heteroatoms. The topological polar surface area (TPSA) is 90.1 Å². The molecule has 6 nitrogen and oxygen atoms in total. The van der Waals surface area contributed by atoms with Crippen LogP contribution in [0.5, 0.6) is 0 Å². The van der Waals surface area contributed by atoms with Gasteiger partial charge in [-0.3, -0.25) is 0 Å². The third kappa shape index (κ3) is 1.91. The fourth-order valence-electron chi connectivity index (χ4n) is 2.18. The smallest absolute Gasteiger partial charge is 0.326 e. The SMILES string of the molecule is CC1CCN(c2nnccc2C#N)C1C(=O)O. The van der Waals surface area contributed by atoms with E-state index in [-0.39, 0.29) is 5.92 Å². The summed E-state index contributed by atoms with van der Waals surface area (Å²) < 4.78 is 0. The maximum atomic E-state index is 11.2. The number of aromatic nitrogens is 2.